The standard InChI is InChI=1S/C26H32F2/c1-2-3-4-5-6-7-8-21-9-11-22(12-10-21)23-13-15-24(16-14-23)25-17-19-26(27,28)20-18-25/h7-16,25H,2-6,17-20H2,1H3/b8-7+. The Bertz CT molecular complexity index is 731. The van der Waals surface area contributed by atoms with Crippen LogP contribution in [0.25, 0.3) is 17.2 Å². The smallest absolute Gasteiger partial charge is 0.207 e. The Morgan fingerprint density at radius 2 is 1.46 bits per heavy atom. The largest absolute Gasteiger partial charge is 0.248 e. The minimum absolute atomic E-state index is 0.0208. The van der Waals surface area contributed by atoms with Gasteiger partial charge in [-0.2, -0.15) is 0 Å². The zero-order valence-electron chi connectivity index (χ0n) is 17.0. The van der Waals surface area contributed by atoms with E-state index in [1.807, 2.05) is 0 Å². The van der Waals surface area contributed by atoms with Crippen LogP contribution < -0.4 is 0 Å². The minimum atomic E-state index is -2.46. The van der Waals surface area contributed by atoms with Crippen molar-refractivity contribution in [3.05, 3.63) is 65.7 Å². The van der Waals surface area contributed by atoms with Crippen molar-refractivity contribution in [3.63, 3.8) is 0 Å². The number of allylic oxidation sites excluding steroid dienone is 1. The molecule has 0 heterocycles. The first-order valence-corrected chi connectivity index (χ1v) is 10.8. The van der Waals surface area contributed by atoms with Crippen LogP contribution in [0.2, 0.25) is 0 Å². The molecule has 1 aliphatic rings. The monoisotopic (exact) mass is 382 g/mol. The SMILES string of the molecule is CCCCCC/C=C/c1ccc(-c2ccc(C3CCC(F)(F)CC3)cc2)cc1. The Balaban J connectivity index is 1.55. The Hall–Kier alpha value is -1.96. The third kappa shape index (κ3) is 6.02. The van der Waals surface area contributed by atoms with E-state index in [0.717, 1.165) is 6.42 Å². The van der Waals surface area contributed by atoms with Gasteiger partial charge in [0, 0.05) is 12.8 Å². The predicted octanol–water partition coefficient (Wildman–Crippen LogP) is 8.63. The second-order valence-electron chi connectivity index (χ2n) is 8.13. The van der Waals surface area contributed by atoms with E-state index < -0.39 is 5.92 Å². The van der Waals surface area contributed by atoms with Gasteiger partial charge < -0.3 is 0 Å². The van der Waals surface area contributed by atoms with Crippen LogP contribution in [-0.4, -0.2) is 5.92 Å². The molecule has 2 aromatic rings. The molecule has 2 heteroatoms. The zero-order valence-corrected chi connectivity index (χ0v) is 17.0. The van der Waals surface area contributed by atoms with Gasteiger partial charge in [0.25, 0.3) is 0 Å². The fraction of sp³-hybridized carbons (Fsp3) is 0.462. The van der Waals surface area contributed by atoms with E-state index in [4.69, 9.17) is 0 Å². The fourth-order valence-corrected chi connectivity index (χ4v) is 4.02. The molecule has 0 aromatic heterocycles. The van der Waals surface area contributed by atoms with Gasteiger partial charge in [0.2, 0.25) is 5.92 Å². The molecule has 3 rings (SSSR count). The summed E-state index contributed by atoms with van der Waals surface area (Å²) in [5, 5.41) is 0. The molecule has 1 aliphatic carbocycles. The number of rotatable bonds is 8. The summed E-state index contributed by atoms with van der Waals surface area (Å²) in [5.41, 5.74) is 4.81. The summed E-state index contributed by atoms with van der Waals surface area (Å²) in [6.07, 6.45) is 12.0. The van der Waals surface area contributed by atoms with Gasteiger partial charge in [0.05, 0.1) is 0 Å². The summed E-state index contributed by atoms with van der Waals surface area (Å²) in [4.78, 5) is 0. The quantitative estimate of drug-likeness (QED) is 0.401. The molecule has 0 N–H and O–H groups in total. The highest BCUT2D eigenvalue weighted by Crippen LogP contribution is 2.41. The molecule has 0 atom stereocenters. The molecule has 0 unspecified atom stereocenters. The maximum atomic E-state index is 13.4. The lowest BCUT2D eigenvalue weighted by Gasteiger charge is -2.28. The van der Waals surface area contributed by atoms with Gasteiger partial charge in [-0.25, -0.2) is 8.78 Å². The van der Waals surface area contributed by atoms with Gasteiger partial charge in [0.1, 0.15) is 0 Å². The summed E-state index contributed by atoms with van der Waals surface area (Å²) < 4.78 is 26.7. The van der Waals surface area contributed by atoms with Crippen LogP contribution in [0.4, 0.5) is 8.78 Å². The summed E-state index contributed by atoms with van der Waals surface area (Å²) in [6, 6.07) is 17.1. The predicted molar refractivity (Wildman–Crippen MR) is 116 cm³/mol. The molecular formula is C26H32F2. The maximum absolute atomic E-state index is 13.4. The number of benzene rings is 2. The molecule has 0 aliphatic heterocycles. The van der Waals surface area contributed by atoms with Gasteiger partial charge in [0.15, 0.2) is 0 Å². The number of hydrogen-bond acceptors (Lipinski definition) is 0. The van der Waals surface area contributed by atoms with Crippen molar-refractivity contribution in [1.82, 2.24) is 0 Å². The van der Waals surface area contributed by atoms with E-state index in [1.165, 1.54) is 47.9 Å². The lowest BCUT2D eigenvalue weighted by Crippen LogP contribution is -2.23. The Kier molecular flexibility index (Phi) is 7.42. The highest BCUT2D eigenvalue weighted by Gasteiger charge is 2.35. The van der Waals surface area contributed by atoms with Crippen molar-refractivity contribution < 1.29 is 8.78 Å². The van der Waals surface area contributed by atoms with Crippen molar-refractivity contribution in [3.8, 4) is 11.1 Å². The van der Waals surface area contributed by atoms with Gasteiger partial charge >= 0.3 is 0 Å². The summed E-state index contributed by atoms with van der Waals surface area (Å²) in [5.74, 6) is -2.18. The molecule has 1 fully saturated rings. The van der Waals surface area contributed by atoms with Crippen molar-refractivity contribution in [1.29, 1.82) is 0 Å². The van der Waals surface area contributed by atoms with Gasteiger partial charge in [-0.05, 0) is 53.9 Å². The van der Waals surface area contributed by atoms with Gasteiger partial charge in [-0.3, -0.25) is 0 Å². The highest BCUT2D eigenvalue weighted by atomic mass is 19.3. The van der Waals surface area contributed by atoms with E-state index in [-0.39, 0.29) is 18.8 Å². The lowest BCUT2D eigenvalue weighted by atomic mass is 9.82. The lowest BCUT2D eigenvalue weighted by molar-refractivity contribution is -0.0382. The van der Waals surface area contributed by atoms with Crippen LogP contribution in [0.15, 0.2) is 54.6 Å². The maximum Gasteiger partial charge on any atom is 0.248 e. The van der Waals surface area contributed by atoms with E-state index in [2.05, 4.69) is 67.6 Å². The highest BCUT2D eigenvalue weighted by molar-refractivity contribution is 5.66. The van der Waals surface area contributed by atoms with Crippen LogP contribution in [0.5, 0.6) is 0 Å². The number of hydrogen-bond donors (Lipinski definition) is 0. The third-order valence-electron chi connectivity index (χ3n) is 5.88. The Labute approximate surface area is 168 Å². The fourth-order valence-electron chi connectivity index (χ4n) is 4.02. The third-order valence-corrected chi connectivity index (χ3v) is 5.88. The summed E-state index contributed by atoms with van der Waals surface area (Å²) in [6.45, 7) is 2.24. The van der Waals surface area contributed by atoms with Crippen LogP contribution in [0, 0.1) is 0 Å². The number of unbranched alkanes of at least 4 members (excludes halogenated alkanes) is 4. The van der Waals surface area contributed by atoms with Crippen molar-refractivity contribution in [2.45, 2.75) is 76.6 Å². The summed E-state index contributed by atoms with van der Waals surface area (Å²) in [7, 11) is 0. The molecule has 150 valence electrons. The molecule has 0 bridgehead atoms. The Morgan fingerprint density at radius 3 is 2.07 bits per heavy atom. The Morgan fingerprint density at radius 1 is 0.857 bits per heavy atom. The van der Waals surface area contributed by atoms with E-state index in [1.54, 1.807) is 0 Å². The molecule has 28 heavy (non-hydrogen) atoms. The summed E-state index contributed by atoms with van der Waals surface area (Å²) >= 11 is 0. The number of halogens is 2. The normalized spacial score (nSPS) is 17.2. The van der Waals surface area contributed by atoms with Crippen molar-refractivity contribution >= 4 is 6.08 Å². The van der Waals surface area contributed by atoms with E-state index >= 15 is 0 Å². The molecular weight excluding hydrogens is 350 g/mol. The van der Waals surface area contributed by atoms with Crippen LogP contribution in [0.3, 0.4) is 0 Å². The average molecular weight is 383 g/mol. The van der Waals surface area contributed by atoms with E-state index in [9.17, 15) is 8.78 Å². The first kappa shape index (κ1) is 20.8. The second-order valence-corrected chi connectivity index (χ2v) is 8.13. The first-order valence-electron chi connectivity index (χ1n) is 10.8. The zero-order chi connectivity index (χ0) is 19.8. The number of alkyl halides is 2. The molecule has 0 nitrogen and oxygen atoms in total. The van der Waals surface area contributed by atoms with Gasteiger partial charge in [-0.15, -0.1) is 0 Å². The first-order chi connectivity index (χ1) is 13.6. The molecule has 0 spiro atoms. The van der Waals surface area contributed by atoms with Crippen LogP contribution in [-0.2, 0) is 0 Å². The molecule has 0 amide bonds. The minimum Gasteiger partial charge on any atom is -0.207 e. The second kappa shape index (κ2) is 10.0. The molecule has 0 saturated heterocycles. The van der Waals surface area contributed by atoms with Crippen molar-refractivity contribution in [2.75, 3.05) is 0 Å². The molecule has 0 radical (unpaired) electrons. The van der Waals surface area contributed by atoms with Gasteiger partial charge in [-0.1, -0.05) is 86.9 Å². The van der Waals surface area contributed by atoms with Crippen LogP contribution in [0.1, 0.15) is 81.8 Å². The average Bonchev–Trinajstić information content (AvgIpc) is 2.71. The van der Waals surface area contributed by atoms with E-state index in [0.29, 0.717) is 12.8 Å². The van der Waals surface area contributed by atoms with Crippen LogP contribution >= 0.6 is 0 Å². The molecule has 1 saturated carbocycles. The molecule has 2 aromatic carbocycles. The van der Waals surface area contributed by atoms with Crippen molar-refractivity contribution in [2.24, 2.45) is 0 Å². The topological polar surface area (TPSA) is 0 Å².